The number of fused-ring (bicyclic) bond motifs is 1. The summed E-state index contributed by atoms with van der Waals surface area (Å²) in [4.78, 5) is 40.0. The van der Waals surface area contributed by atoms with Gasteiger partial charge in [0.05, 0.1) is 27.3 Å². The molecule has 8 nitrogen and oxygen atoms in total. The molecule has 0 aliphatic carbocycles. The Morgan fingerprint density at radius 2 is 2.03 bits per heavy atom. The number of hydrogen-bond acceptors (Lipinski definition) is 6. The van der Waals surface area contributed by atoms with Crippen molar-refractivity contribution in [1.29, 1.82) is 0 Å². The number of nitrogens with zero attached hydrogens (tertiary/aromatic N) is 3. The van der Waals surface area contributed by atoms with Crippen LogP contribution in [0.25, 0.3) is 10.9 Å². The van der Waals surface area contributed by atoms with Gasteiger partial charge in [0.2, 0.25) is 5.91 Å². The molecule has 0 atom stereocenters. The fraction of sp³-hybridized carbons (Fsp3) is 0.286. The van der Waals surface area contributed by atoms with Crippen molar-refractivity contribution in [3.8, 4) is 0 Å². The summed E-state index contributed by atoms with van der Waals surface area (Å²) in [7, 11) is 0. The summed E-state index contributed by atoms with van der Waals surface area (Å²) in [6.45, 7) is 4.55. The highest BCUT2D eigenvalue weighted by atomic mass is 32.2. The van der Waals surface area contributed by atoms with Crippen LogP contribution in [0.1, 0.15) is 20.3 Å². The quantitative estimate of drug-likeness (QED) is 0.241. The van der Waals surface area contributed by atoms with Gasteiger partial charge < -0.3 is 5.32 Å². The summed E-state index contributed by atoms with van der Waals surface area (Å²) >= 11 is 1.05. The van der Waals surface area contributed by atoms with Crippen molar-refractivity contribution >= 4 is 39.9 Å². The maximum atomic E-state index is 13.9. The van der Waals surface area contributed by atoms with Crippen LogP contribution in [0.4, 0.5) is 15.8 Å². The van der Waals surface area contributed by atoms with Gasteiger partial charge in [-0.3, -0.25) is 24.3 Å². The van der Waals surface area contributed by atoms with Gasteiger partial charge in [0.15, 0.2) is 5.16 Å². The molecule has 0 saturated heterocycles. The number of non-ortho nitro benzene ring substituents is 1. The molecule has 162 valence electrons. The second kappa shape index (κ2) is 9.69. The van der Waals surface area contributed by atoms with Crippen molar-refractivity contribution in [2.45, 2.75) is 32.0 Å². The first kappa shape index (κ1) is 22.4. The van der Waals surface area contributed by atoms with E-state index in [4.69, 9.17) is 0 Å². The first-order valence-corrected chi connectivity index (χ1v) is 10.6. The number of nitrogens with one attached hydrogen (secondary N) is 1. The Kier molecular flexibility index (Phi) is 7.01. The van der Waals surface area contributed by atoms with Gasteiger partial charge in [0.1, 0.15) is 5.82 Å². The van der Waals surface area contributed by atoms with Crippen molar-refractivity contribution < 1.29 is 14.1 Å². The third-order valence-corrected chi connectivity index (χ3v) is 5.50. The van der Waals surface area contributed by atoms with Crippen molar-refractivity contribution in [1.82, 2.24) is 9.55 Å². The third kappa shape index (κ3) is 5.46. The van der Waals surface area contributed by atoms with E-state index < -0.39 is 16.6 Å². The number of carbonyl (C=O) groups is 1. The van der Waals surface area contributed by atoms with E-state index in [0.717, 1.165) is 36.4 Å². The molecule has 1 N–H and O–H groups in total. The number of carbonyl (C=O) groups excluding carboxylic acids is 1. The third-order valence-electron chi connectivity index (χ3n) is 4.52. The number of amides is 1. The molecule has 0 unspecified atom stereocenters. The van der Waals surface area contributed by atoms with Crippen molar-refractivity contribution in [2.24, 2.45) is 5.92 Å². The molecule has 0 aliphatic heterocycles. The molecule has 1 aromatic heterocycles. The van der Waals surface area contributed by atoms with Crippen LogP contribution in [0, 0.1) is 21.8 Å². The lowest BCUT2D eigenvalue weighted by molar-refractivity contribution is -0.384. The first-order valence-electron chi connectivity index (χ1n) is 9.62. The topological polar surface area (TPSA) is 107 Å². The number of aromatic nitrogens is 2. The van der Waals surface area contributed by atoms with Crippen LogP contribution in [-0.2, 0) is 11.3 Å². The lowest BCUT2D eigenvalue weighted by Crippen LogP contribution is -2.25. The van der Waals surface area contributed by atoms with E-state index >= 15 is 0 Å². The highest BCUT2D eigenvalue weighted by molar-refractivity contribution is 7.99. The van der Waals surface area contributed by atoms with Crippen LogP contribution in [0.15, 0.2) is 52.4 Å². The number of halogens is 1. The van der Waals surface area contributed by atoms with E-state index in [2.05, 4.69) is 10.3 Å². The second-order valence-corrected chi connectivity index (χ2v) is 8.25. The molecule has 2 aromatic carbocycles. The molecule has 1 heterocycles. The van der Waals surface area contributed by atoms with Crippen molar-refractivity contribution in [3.63, 3.8) is 0 Å². The lowest BCUT2D eigenvalue weighted by Gasteiger charge is -2.14. The standard InChI is InChI=1S/C21H21FN4O4S/c1-13(2)9-10-25-20(28)15-5-3-4-6-17(15)24-21(25)31-12-19(27)23-18-11-14(26(29)30)7-8-16(18)22/h3-8,11,13H,9-10,12H2,1-2H3,(H,23,27). The number of thioether (sulfide) groups is 1. The van der Waals surface area contributed by atoms with E-state index in [1.807, 2.05) is 13.8 Å². The highest BCUT2D eigenvalue weighted by Gasteiger charge is 2.16. The van der Waals surface area contributed by atoms with Crippen LogP contribution in [0.3, 0.4) is 0 Å². The summed E-state index contributed by atoms with van der Waals surface area (Å²) in [6, 6.07) is 9.90. The summed E-state index contributed by atoms with van der Waals surface area (Å²) in [5.41, 5.74) is -0.258. The average Bonchev–Trinajstić information content (AvgIpc) is 2.73. The van der Waals surface area contributed by atoms with Crippen LogP contribution in [0.5, 0.6) is 0 Å². The maximum absolute atomic E-state index is 13.9. The lowest BCUT2D eigenvalue weighted by atomic mass is 10.1. The van der Waals surface area contributed by atoms with E-state index in [1.165, 1.54) is 0 Å². The Hall–Kier alpha value is -3.27. The predicted octanol–water partition coefficient (Wildman–Crippen LogP) is 4.22. The van der Waals surface area contributed by atoms with Crippen LogP contribution in [-0.4, -0.2) is 26.1 Å². The van der Waals surface area contributed by atoms with Crippen molar-refractivity contribution in [2.75, 3.05) is 11.1 Å². The molecule has 0 bridgehead atoms. The maximum Gasteiger partial charge on any atom is 0.271 e. The van der Waals surface area contributed by atoms with Crippen LogP contribution < -0.4 is 10.9 Å². The molecule has 0 saturated carbocycles. The second-order valence-electron chi connectivity index (χ2n) is 7.31. The first-order chi connectivity index (χ1) is 14.8. The minimum absolute atomic E-state index is 0.144. The monoisotopic (exact) mass is 444 g/mol. The fourth-order valence-corrected chi connectivity index (χ4v) is 3.71. The zero-order valence-electron chi connectivity index (χ0n) is 17.0. The van der Waals surface area contributed by atoms with Gasteiger partial charge in [0.25, 0.3) is 11.2 Å². The molecule has 3 rings (SSSR count). The summed E-state index contributed by atoms with van der Waals surface area (Å²) in [6.07, 6.45) is 0.762. The molecular weight excluding hydrogens is 423 g/mol. The van der Waals surface area contributed by atoms with Gasteiger partial charge in [-0.15, -0.1) is 0 Å². The SMILES string of the molecule is CC(C)CCn1c(SCC(=O)Nc2cc([N+](=O)[O-])ccc2F)nc2ccccc2c1=O. The normalized spacial score (nSPS) is 11.1. The Morgan fingerprint density at radius 3 is 2.74 bits per heavy atom. The molecule has 0 aliphatic rings. The van der Waals surface area contributed by atoms with Gasteiger partial charge in [0, 0.05) is 18.7 Å². The molecule has 31 heavy (non-hydrogen) atoms. The van der Waals surface area contributed by atoms with E-state index in [-0.39, 0.29) is 22.7 Å². The Labute approximate surface area is 181 Å². The average molecular weight is 444 g/mol. The number of para-hydroxylation sites is 1. The van der Waals surface area contributed by atoms with Crippen LogP contribution >= 0.6 is 11.8 Å². The smallest absolute Gasteiger partial charge is 0.271 e. The van der Waals surface area contributed by atoms with Gasteiger partial charge in [-0.05, 0) is 30.5 Å². The van der Waals surface area contributed by atoms with E-state index in [9.17, 15) is 24.1 Å². The van der Waals surface area contributed by atoms with Gasteiger partial charge >= 0.3 is 0 Å². The summed E-state index contributed by atoms with van der Waals surface area (Å²) < 4.78 is 15.5. The largest absolute Gasteiger partial charge is 0.323 e. The number of hydrogen-bond donors (Lipinski definition) is 1. The Morgan fingerprint density at radius 1 is 1.29 bits per heavy atom. The predicted molar refractivity (Wildman–Crippen MR) is 118 cm³/mol. The molecule has 0 radical (unpaired) electrons. The Bertz CT molecular complexity index is 1200. The van der Waals surface area contributed by atoms with Gasteiger partial charge in [-0.25, -0.2) is 9.37 Å². The van der Waals surface area contributed by atoms with E-state index in [1.54, 1.807) is 28.8 Å². The molecule has 0 fully saturated rings. The number of nitro benzene ring substituents is 1. The molecular formula is C21H21FN4O4S. The number of anilines is 1. The number of nitro groups is 1. The number of rotatable bonds is 8. The molecule has 3 aromatic rings. The summed E-state index contributed by atoms with van der Waals surface area (Å²) in [5.74, 6) is -1.12. The number of benzene rings is 2. The fourth-order valence-electron chi connectivity index (χ4n) is 2.88. The molecule has 1 amide bonds. The van der Waals surface area contributed by atoms with Gasteiger partial charge in [-0.2, -0.15) is 0 Å². The van der Waals surface area contributed by atoms with Crippen molar-refractivity contribution in [3.05, 3.63) is 68.7 Å². The summed E-state index contributed by atoms with van der Waals surface area (Å²) in [5, 5.41) is 14.1. The highest BCUT2D eigenvalue weighted by Crippen LogP contribution is 2.23. The molecule has 10 heteroatoms. The zero-order valence-corrected chi connectivity index (χ0v) is 17.8. The molecule has 0 spiro atoms. The Balaban J connectivity index is 1.82. The minimum Gasteiger partial charge on any atom is -0.323 e. The zero-order chi connectivity index (χ0) is 22.5. The van der Waals surface area contributed by atoms with Crippen LogP contribution in [0.2, 0.25) is 0 Å². The minimum atomic E-state index is -0.776. The van der Waals surface area contributed by atoms with E-state index in [0.29, 0.717) is 28.5 Å². The van der Waals surface area contributed by atoms with Gasteiger partial charge in [-0.1, -0.05) is 37.7 Å².